The average Bonchev–Trinajstić information content (AvgIpc) is 2.23. The molecule has 106 valence electrons. The van der Waals surface area contributed by atoms with Gasteiger partial charge in [-0.15, -0.1) is 0 Å². The Kier molecular flexibility index (Phi) is 5.64. The molecule has 0 spiro atoms. The van der Waals surface area contributed by atoms with E-state index >= 15 is 0 Å². The number of hydrogen-bond donors (Lipinski definition) is 1. The number of carbonyl (C=O) groups excluding carboxylic acids is 1. The number of ether oxygens (including phenoxy) is 1. The third-order valence-corrected chi connectivity index (χ3v) is 3.52. The van der Waals surface area contributed by atoms with E-state index in [4.69, 9.17) is 4.74 Å². The van der Waals surface area contributed by atoms with Gasteiger partial charge in [0.25, 0.3) is 0 Å². The summed E-state index contributed by atoms with van der Waals surface area (Å²) < 4.78 is 5.36. The second-order valence-electron chi connectivity index (χ2n) is 6.80. The Morgan fingerprint density at radius 3 is 2.61 bits per heavy atom. The first-order valence-corrected chi connectivity index (χ1v) is 7.24. The Morgan fingerprint density at radius 2 is 2.06 bits per heavy atom. The lowest BCUT2D eigenvalue weighted by Gasteiger charge is -2.28. The maximum absolute atomic E-state index is 11.8. The van der Waals surface area contributed by atoms with Gasteiger partial charge in [-0.1, -0.05) is 19.8 Å². The van der Waals surface area contributed by atoms with E-state index < -0.39 is 5.60 Å². The first-order valence-electron chi connectivity index (χ1n) is 7.24. The molecule has 3 unspecified atom stereocenters. The van der Waals surface area contributed by atoms with Gasteiger partial charge < -0.3 is 10.1 Å². The highest BCUT2D eigenvalue weighted by molar-refractivity contribution is 5.75. The predicted octanol–water partition coefficient (Wildman–Crippen LogP) is 3.13. The molecular formula is C15H29NO2. The fourth-order valence-corrected chi connectivity index (χ4v) is 2.56. The summed E-state index contributed by atoms with van der Waals surface area (Å²) in [6.45, 7) is 10.9. The van der Waals surface area contributed by atoms with Gasteiger partial charge in [0, 0.05) is 0 Å². The quantitative estimate of drug-likeness (QED) is 0.784. The number of nitrogens with one attached hydrogen (secondary N) is 1. The van der Waals surface area contributed by atoms with Gasteiger partial charge in [0.15, 0.2) is 0 Å². The van der Waals surface area contributed by atoms with Crippen LogP contribution in [0, 0.1) is 11.8 Å². The lowest BCUT2D eigenvalue weighted by molar-refractivity contribution is -0.157. The first kappa shape index (κ1) is 15.5. The molecule has 3 atom stereocenters. The third-order valence-electron chi connectivity index (χ3n) is 3.52. The zero-order valence-electron chi connectivity index (χ0n) is 12.6. The summed E-state index contributed by atoms with van der Waals surface area (Å²) in [6.07, 6.45) is 5.26. The Labute approximate surface area is 112 Å². The van der Waals surface area contributed by atoms with E-state index in [0.29, 0.717) is 0 Å². The predicted molar refractivity (Wildman–Crippen MR) is 74.4 cm³/mol. The van der Waals surface area contributed by atoms with Crippen LogP contribution in [0.3, 0.4) is 0 Å². The Balaban J connectivity index is 2.27. The molecule has 0 aromatic rings. The summed E-state index contributed by atoms with van der Waals surface area (Å²) in [5.41, 5.74) is -0.396. The van der Waals surface area contributed by atoms with E-state index in [1.54, 1.807) is 0 Å². The topological polar surface area (TPSA) is 38.3 Å². The lowest BCUT2D eigenvalue weighted by Crippen LogP contribution is -2.41. The van der Waals surface area contributed by atoms with E-state index in [1.165, 1.54) is 25.7 Å². The minimum atomic E-state index is -0.396. The maximum atomic E-state index is 11.8. The van der Waals surface area contributed by atoms with Crippen molar-refractivity contribution in [3.8, 4) is 0 Å². The van der Waals surface area contributed by atoms with Crippen LogP contribution in [0.2, 0.25) is 0 Å². The van der Waals surface area contributed by atoms with Crippen LogP contribution in [0.25, 0.3) is 0 Å². The normalized spacial score (nSPS) is 26.7. The second-order valence-corrected chi connectivity index (χ2v) is 6.80. The molecule has 0 bridgehead atoms. The van der Waals surface area contributed by atoms with Crippen molar-refractivity contribution in [2.45, 2.75) is 71.9 Å². The number of esters is 1. The van der Waals surface area contributed by atoms with Crippen molar-refractivity contribution in [3.05, 3.63) is 0 Å². The first-order chi connectivity index (χ1) is 8.28. The zero-order chi connectivity index (χ0) is 13.8. The molecule has 3 nitrogen and oxygen atoms in total. The van der Waals surface area contributed by atoms with Crippen molar-refractivity contribution >= 4 is 5.97 Å². The third kappa shape index (κ3) is 5.85. The summed E-state index contributed by atoms with van der Waals surface area (Å²) >= 11 is 0. The van der Waals surface area contributed by atoms with Gasteiger partial charge in [-0.05, 0) is 58.9 Å². The fraction of sp³-hybridized carbons (Fsp3) is 0.933. The Morgan fingerprint density at radius 1 is 1.39 bits per heavy atom. The largest absolute Gasteiger partial charge is 0.459 e. The highest BCUT2D eigenvalue weighted by atomic mass is 16.6. The molecule has 0 saturated heterocycles. The molecule has 1 fully saturated rings. The van der Waals surface area contributed by atoms with Crippen molar-refractivity contribution in [3.63, 3.8) is 0 Å². The Bertz CT molecular complexity index is 270. The van der Waals surface area contributed by atoms with Gasteiger partial charge in [0.05, 0.1) is 0 Å². The van der Waals surface area contributed by atoms with E-state index in [1.807, 2.05) is 27.7 Å². The SMILES string of the molecule is CC1CCCC(CNC(C)C(=O)OC(C)(C)C)C1. The van der Waals surface area contributed by atoms with Gasteiger partial charge >= 0.3 is 5.97 Å². The summed E-state index contributed by atoms with van der Waals surface area (Å²) in [5, 5.41) is 3.32. The van der Waals surface area contributed by atoms with Crippen LogP contribution in [0.5, 0.6) is 0 Å². The standard InChI is InChI=1S/C15H29NO2/c1-11-7-6-8-13(9-11)10-16-12(2)14(17)18-15(3,4)5/h11-13,16H,6-10H2,1-5H3. The van der Waals surface area contributed by atoms with Crippen LogP contribution >= 0.6 is 0 Å². The van der Waals surface area contributed by atoms with Crippen LogP contribution in [0.15, 0.2) is 0 Å². The fourth-order valence-electron chi connectivity index (χ4n) is 2.56. The van der Waals surface area contributed by atoms with Crippen LogP contribution in [-0.4, -0.2) is 24.2 Å². The van der Waals surface area contributed by atoms with Crippen molar-refractivity contribution in [1.29, 1.82) is 0 Å². The molecule has 1 aliphatic carbocycles. The molecule has 0 aromatic heterocycles. The van der Waals surface area contributed by atoms with E-state index in [9.17, 15) is 4.79 Å². The van der Waals surface area contributed by atoms with E-state index in [0.717, 1.165) is 18.4 Å². The summed E-state index contributed by atoms with van der Waals surface area (Å²) in [7, 11) is 0. The molecule has 0 aromatic carbocycles. The smallest absolute Gasteiger partial charge is 0.323 e. The summed E-state index contributed by atoms with van der Waals surface area (Å²) in [4.78, 5) is 11.8. The van der Waals surface area contributed by atoms with Crippen LogP contribution in [0.1, 0.15) is 60.3 Å². The van der Waals surface area contributed by atoms with Gasteiger partial charge in [0.2, 0.25) is 0 Å². The van der Waals surface area contributed by atoms with E-state index in [2.05, 4.69) is 12.2 Å². The van der Waals surface area contributed by atoms with Gasteiger partial charge in [-0.3, -0.25) is 4.79 Å². The number of hydrogen-bond acceptors (Lipinski definition) is 3. The van der Waals surface area contributed by atoms with Crippen LogP contribution in [-0.2, 0) is 9.53 Å². The molecule has 0 aliphatic heterocycles. The van der Waals surface area contributed by atoms with Crippen molar-refractivity contribution in [1.82, 2.24) is 5.32 Å². The van der Waals surface area contributed by atoms with Crippen molar-refractivity contribution in [2.24, 2.45) is 11.8 Å². The lowest BCUT2D eigenvalue weighted by atomic mass is 9.82. The van der Waals surface area contributed by atoms with Crippen LogP contribution in [0.4, 0.5) is 0 Å². The monoisotopic (exact) mass is 255 g/mol. The van der Waals surface area contributed by atoms with Crippen molar-refractivity contribution in [2.75, 3.05) is 6.54 Å². The molecule has 1 saturated carbocycles. The summed E-state index contributed by atoms with van der Waals surface area (Å²) in [6, 6.07) is -0.207. The molecule has 18 heavy (non-hydrogen) atoms. The van der Waals surface area contributed by atoms with Gasteiger partial charge in [-0.25, -0.2) is 0 Å². The second kappa shape index (κ2) is 6.55. The molecule has 1 rings (SSSR count). The minimum absolute atomic E-state index is 0.147. The Hall–Kier alpha value is -0.570. The maximum Gasteiger partial charge on any atom is 0.323 e. The molecule has 1 aliphatic rings. The number of carbonyl (C=O) groups is 1. The molecule has 1 N–H and O–H groups in total. The highest BCUT2D eigenvalue weighted by Gasteiger charge is 2.23. The zero-order valence-corrected chi connectivity index (χ0v) is 12.6. The van der Waals surface area contributed by atoms with Crippen molar-refractivity contribution < 1.29 is 9.53 Å². The minimum Gasteiger partial charge on any atom is -0.459 e. The molecule has 0 amide bonds. The van der Waals surface area contributed by atoms with E-state index in [-0.39, 0.29) is 12.0 Å². The van der Waals surface area contributed by atoms with Gasteiger partial charge in [-0.2, -0.15) is 0 Å². The average molecular weight is 255 g/mol. The number of rotatable bonds is 4. The van der Waals surface area contributed by atoms with Gasteiger partial charge in [0.1, 0.15) is 11.6 Å². The highest BCUT2D eigenvalue weighted by Crippen LogP contribution is 2.28. The molecule has 0 radical (unpaired) electrons. The molecular weight excluding hydrogens is 226 g/mol. The van der Waals surface area contributed by atoms with Crippen LogP contribution < -0.4 is 5.32 Å². The molecule has 3 heteroatoms. The summed E-state index contributed by atoms with van der Waals surface area (Å²) in [5.74, 6) is 1.41. The molecule has 0 heterocycles.